The number of hydrogen-bond donors (Lipinski definition) is 2. The van der Waals surface area contributed by atoms with Gasteiger partial charge in [0.25, 0.3) is 0 Å². The van der Waals surface area contributed by atoms with E-state index in [4.69, 9.17) is 16.6 Å². The molecule has 6 heterocycles. The lowest BCUT2D eigenvalue weighted by atomic mass is 9.90. The molecule has 0 radical (unpaired) electrons. The first kappa shape index (κ1) is 49.8. The number of rotatable bonds is 14. The summed E-state index contributed by atoms with van der Waals surface area (Å²) in [6, 6.07) is 42.0. The predicted octanol–water partition coefficient (Wildman–Crippen LogP) is 9.05. The second kappa shape index (κ2) is 25.3. The minimum absolute atomic E-state index is 0.0780. The molecule has 0 spiro atoms. The molecule has 0 saturated carbocycles. The van der Waals surface area contributed by atoms with E-state index in [1.165, 1.54) is 22.3 Å². The molecule has 374 valence electrons. The third-order valence-electron chi connectivity index (χ3n) is 14.8. The number of piperazine rings is 3. The van der Waals surface area contributed by atoms with Crippen molar-refractivity contribution < 1.29 is 9.59 Å². The van der Waals surface area contributed by atoms with E-state index in [1.807, 2.05) is 40.3 Å². The van der Waals surface area contributed by atoms with Crippen molar-refractivity contribution in [1.29, 1.82) is 0 Å². The lowest BCUT2D eigenvalue weighted by Gasteiger charge is -2.36. The van der Waals surface area contributed by atoms with E-state index in [0.29, 0.717) is 5.92 Å². The second-order valence-corrected chi connectivity index (χ2v) is 19.8. The summed E-state index contributed by atoms with van der Waals surface area (Å²) >= 11 is 6.14. The number of urea groups is 2. The van der Waals surface area contributed by atoms with E-state index in [2.05, 4.69) is 137 Å². The van der Waals surface area contributed by atoms with E-state index in [0.717, 1.165) is 184 Å². The van der Waals surface area contributed by atoms with Gasteiger partial charge in [-0.15, -0.1) is 0 Å². The normalized spacial score (nSPS) is 17.3. The Kier molecular flexibility index (Phi) is 17.7. The number of aromatic nitrogens is 2. The molecule has 2 N–H and O–H groups in total. The molecule has 0 bridgehead atoms. The average molecular weight is 979 g/mol. The standard InChI is InChI=1S/C29H36ClN5O.C28H36N6O/c30-25-8-9-26-27(22-25)31-14-10-28(26)34-20-18-33(19-21-34)15-5-4-13-32-29(36)35-16-11-24(12-17-35)23-6-2-1-3-7-23;35-28(34-22-20-32(21-23-34)25-9-2-1-3-10-25)29-14-6-7-15-31-16-18-33(19-17-31)27-13-12-24-8-4-5-11-26(24)30-27/h1-3,6-10,14,22,24H,4-5,11-13,15-21H2,(H,32,36);1-5,8-13H,6-7,14-23H2,(H,29,35). The minimum atomic E-state index is 0.0780. The van der Waals surface area contributed by atoms with Crippen LogP contribution in [0, 0.1) is 0 Å². The Balaban J connectivity index is 0.000000176. The van der Waals surface area contributed by atoms with Crippen LogP contribution in [-0.2, 0) is 0 Å². The van der Waals surface area contributed by atoms with Crippen LogP contribution in [0.3, 0.4) is 0 Å². The zero-order valence-corrected chi connectivity index (χ0v) is 42.1. The van der Waals surface area contributed by atoms with Gasteiger partial charge in [0.2, 0.25) is 0 Å². The van der Waals surface area contributed by atoms with E-state index < -0.39 is 0 Å². The summed E-state index contributed by atoms with van der Waals surface area (Å²) in [5.41, 5.74) is 5.89. The fraction of sp³-hybridized carbons (Fsp3) is 0.439. The number of benzene rings is 4. The highest BCUT2D eigenvalue weighted by Crippen LogP contribution is 2.30. The van der Waals surface area contributed by atoms with Crippen LogP contribution < -0.4 is 25.3 Å². The van der Waals surface area contributed by atoms with Crippen LogP contribution in [0.1, 0.15) is 50.0 Å². The zero-order valence-electron chi connectivity index (χ0n) is 41.4. The Labute approximate surface area is 425 Å². The quantitative estimate of drug-likeness (QED) is 0.104. The molecule has 4 aliphatic heterocycles. The third kappa shape index (κ3) is 13.8. The van der Waals surface area contributed by atoms with Crippen LogP contribution in [-0.4, -0.2) is 159 Å². The van der Waals surface area contributed by atoms with Gasteiger partial charge in [-0.2, -0.15) is 0 Å². The summed E-state index contributed by atoms with van der Waals surface area (Å²) in [6.07, 6.45) is 8.22. The van der Waals surface area contributed by atoms with Crippen LogP contribution in [0.15, 0.2) is 128 Å². The maximum absolute atomic E-state index is 12.6. The highest BCUT2D eigenvalue weighted by molar-refractivity contribution is 6.31. The number of amides is 4. The fourth-order valence-corrected chi connectivity index (χ4v) is 10.7. The molecule has 6 aromatic rings. The average Bonchev–Trinajstić information content (AvgIpc) is 3.43. The highest BCUT2D eigenvalue weighted by atomic mass is 35.5. The van der Waals surface area contributed by atoms with E-state index >= 15 is 0 Å². The fourth-order valence-electron chi connectivity index (χ4n) is 10.5. The number of nitrogens with zero attached hydrogens (tertiary/aromatic N) is 9. The van der Waals surface area contributed by atoms with Crippen molar-refractivity contribution in [3.05, 3.63) is 138 Å². The molecule has 10 rings (SSSR count). The van der Waals surface area contributed by atoms with Crippen LogP contribution in [0.2, 0.25) is 5.02 Å². The van der Waals surface area contributed by atoms with Crippen LogP contribution in [0.25, 0.3) is 21.8 Å². The van der Waals surface area contributed by atoms with Crippen molar-refractivity contribution in [2.24, 2.45) is 0 Å². The molecular formula is C57H72ClN11O2. The summed E-state index contributed by atoms with van der Waals surface area (Å²) in [5, 5.41) is 9.34. The number of para-hydroxylation sites is 2. The number of halogens is 1. The first-order valence-corrected chi connectivity index (χ1v) is 26.6. The summed E-state index contributed by atoms with van der Waals surface area (Å²) in [4.78, 5) is 50.6. The van der Waals surface area contributed by atoms with Gasteiger partial charge in [-0.05, 0) is 118 Å². The molecule has 0 unspecified atom stereocenters. The molecule has 4 fully saturated rings. The SMILES string of the molecule is O=C(NCCCCN1CCN(c2ccc3ccccc3n2)CC1)N1CCN(c2ccccc2)CC1.O=C(NCCCCN1CCN(c2ccnc3cc(Cl)ccc23)CC1)N1CCC(c2ccccc2)CC1. The third-order valence-corrected chi connectivity index (χ3v) is 15.0. The van der Waals surface area contributed by atoms with Gasteiger partial charge in [0.15, 0.2) is 0 Å². The molecule has 4 saturated heterocycles. The van der Waals surface area contributed by atoms with E-state index in [1.54, 1.807) is 0 Å². The number of likely N-dealkylation sites (tertiary alicyclic amines) is 1. The number of anilines is 3. The smallest absolute Gasteiger partial charge is 0.317 e. The molecule has 4 aliphatic rings. The zero-order chi connectivity index (χ0) is 48.6. The Morgan fingerprint density at radius 3 is 1.77 bits per heavy atom. The molecule has 4 amide bonds. The largest absolute Gasteiger partial charge is 0.368 e. The Morgan fingerprint density at radius 1 is 0.535 bits per heavy atom. The Hall–Kier alpha value is -6.15. The lowest BCUT2D eigenvalue weighted by molar-refractivity contribution is 0.181. The van der Waals surface area contributed by atoms with Crippen LogP contribution in [0.4, 0.5) is 26.8 Å². The number of fused-ring (bicyclic) bond motifs is 2. The van der Waals surface area contributed by atoms with Crippen molar-refractivity contribution >= 4 is 62.7 Å². The molecule has 14 heteroatoms. The summed E-state index contributed by atoms with van der Waals surface area (Å²) < 4.78 is 0. The number of nitrogens with one attached hydrogen (secondary N) is 2. The topological polar surface area (TPSA) is 107 Å². The van der Waals surface area contributed by atoms with Crippen molar-refractivity contribution in [3.63, 3.8) is 0 Å². The first-order chi connectivity index (χ1) is 34.9. The van der Waals surface area contributed by atoms with Crippen LogP contribution in [0.5, 0.6) is 0 Å². The molecule has 4 aromatic carbocycles. The minimum Gasteiger partial charge on any atom is -0.368 e. The van der Waals surface area contributed by atoms with Gasteiger partial charge in [0, 0.05) is 138 Å². The van der Waals surface area contributed by atoms with Gasteiger partial charge >= 0.3 is 12.1 Å². The van der Waals surface area contributed by atoms with Gasteiger partial charge in [-0.3, -0.25) is 14.8 Å². The predicted molar refractivity (Wildman–Crippen MR) is 291 cm³/mol. The van der Waals surface area contributed by atoms with Crippen molar-refractivity contribution in [2.45, 2.75) is 44.4 Å². The molecule has 0 aliphatic carbocycles. The Morgan fingerprint density at radius 2 is 1.11 bits per heavy atom. The summed E-state index contributed by atoms with van der Waals surface area (Å²) in [5.74, 6) is 1.65. The molecule has 13 nitrogen and oxygen atoms in total. The first-order valence-electron chi connectivity index (χ1n) is 26.2. The summed E-state index contributed by atoms with van der Waals surface area (Å²) in [6.45, 7) is 17.0. The number of pyridine rings is 2. The Bertz CT molecular complexity index is 2590. The van der Waals surface area contributed by atoms with E-state index in [-0.39, 0.29) is 12.1 Å². The molecular weight excluding hydrogens is 906 g/mol. The van der Waals surface area contributed by atoms with Gasteiger partial charge in [-0.25, -0.2) is 14.6 Å². The molecule has 71 heavy (non-hydrogen) atoms. The van der Waals surface area contributed by atoms with Gasteiger partial charge in [-0.1, -0.05) is 78.3 Å². The summed E-state index contributed by atoms with van der Waals surface area (Å²) in [7, 11) is 0. The molecule has 2 aromatic heterocycles. The molecule has 0 atom stereocenters. The monoisotopic (exact) mass is 978 g/mol. The number of unbranched alkanes of at least 4 members (excludes halogenated alkanes) is 2. The number of carbonyl (C=O) groups excluding carboxylic acids is 2. The maximum Gasteiger partial charge on any atom is 0.317 e. The highest BCUT2D eigenvalue weighted by Gasteiger charge is 2.25. The van der Waals surface area contributed by atoms with Crippen molar-refractivity contribution in [1.82, 2.24) is 40.2 Å². The van der Waals surface area contributed by atoms with Gasteiger partial charge in [0.05, 0.1) is 11.0 Å². The van der Waals surface area contributed by atoms with Gasteiger partial charge < -0.3 is 35.1 Å². The maximum atomic E-state index is 12.6. The lowest BCUT2D eigenvalue weighted by Crippen LogP contribution is -2.52. The number of piperidine rings is 1. The number of hydrogen-bond acceptors (Lipinski definition) is 9. The second-order valence-electron chi connectivity index (χ2n) is 19.4. The van der Waals surface area contributed by atoms with Crippen molar-refractivity contribution in [3.8, 4) is 0 Å². The number of carbonyl (C=O) groups is 2. The van der Waals surface area contributed by atoms with E-state index in [9.17, 15) is 9.59 Å². The van der Waals surface area contributed by atoms with Gasteiger partial charge in [0.1, 0.15) is 5.82 Å². The van der Waals surface area contributed by atoms with Crippen molar-refractivity contribution in [2.75, 3.05) is 133 Å². The van der Waals surface area contributed by atoms with Crippen LogP contribution >= 0.6 is 11.6 Å².